The Balaban J connectivity index is 1.20. The van der Waals surface area contributed by atoms with Crippen molar-refractivity contribution in [2.45, 2.75) is 31.8 Å². The van der Waals surface area contributed by atoms with Gasteiger partial charge in [0, 0.05) is 57.9 Å². The molecule has 3 fully saturated rings. The first-order valence-corrected chi connectivity index (χ1v) is 12.4. The monoisotopic (exact) mass is 451 g/mol. The van der Waals surface area contributed by atoms with E-state index in [4.69, 9.17) is 14.0 Å². The normalized spacial score (nSPS) is 25.5. The standard InChI is InChI=1S/C22H33N3O5S/c1-29-19-4-2-18(3-5-19)25-14-12-23(13-15-25)9-6-20-16-22(21(26)30-20)7-10-24(11-8-22)17-31(27)28/h2-5,20H,6-17H2,1H3,(H,27,28)/t20-/m1/s1. The van der Waals surface area contributed by atoms with Gasteiger partial charge in [0.25, 0.3) is 0 Å². The van der Waals surface area contributed by atoms with E-state index in [1.165, 1.54) is 5.69 Å². The summed E-state index contributed by atoms with van der Waals surface area (Å²) in [6, 6.07) is 8.21. The van der Waals surface area contributed by atoms with E-state index in [1.807, 2.05) is 17.0 Å². The van der Waals surface area contributed by atoms with Gasteiger partial charge in [0.05, 0.1) is 12.5 Å². The Kier molecular flexibility index (Phi) is 7.15. The van der Waals surface area contributed by atoms with Crippen LogP contribution in [0.2, 0.25) is 0 Å². The fourth-order valence-electron chi connectivity index (χ4n) is 5.02. The zero-order valence-corrected chi connectivity index (χ0v) is 19.0. The van der Waals surface area contributed by atoms with E-state index < -0.39 is 11.1 Å². The predicted octanol–water partition coefficient (Wildman–Crippen LogP) is 1.78. The summed E-state index contributed by atoms with van der Waals surface area (Å²) in [6.07, 6.45) is 3.10. The van der Waals surface area contributed by atoms with E-state index in [9.17, 15) is 9.00 Å². The van der Waals surface area contributed by atoms with Gasteiger partial charge in [-0.15, -0.1) is 0 Å². The van der Waals surface area contributed by atoms with Crippen molar-refractivity contribution < 1.29 is 23.0 Å². The predicted molar refractivity (Wildman–Crippen MR) is 120 cm³/mol. The molecule has 0 amide bonds. The lowest BCUT2D eigenvalue weighted by atomic mass is 9.76. The molecule has 3 aliphatic rings. The Morgan fingerprint density at radius 2 is 1.77 bits per heavy atom. The number of ether oxygens (including phenoxy) is 2. The van der Waals surface area contributed by atoms with Crippen molar-refractivity contribution in [2.24, 2.45) is 5.41 Å². The highest BCUT2D eigenvalue weighted by molar-refractivity contribution is 7.79. The first-order valence-electron chi connectivity index (χ1n) is 11.1. The lowest BCUT2D eigenvalue weighted by Crippen LogP contribution is -2.47. The van der Waals surface area contributed by atoms with Crippen LogP contribution in [0.1, 0.15) is 25.7 Å². The minimum absolute atomic E-state index is 0.00867. The number of methoxy groups -OCH3 is 1. The van der Waals surface area contributed by atoms with E-state index in [2.05, 4.69) is 21.9 Å². The van der Waals surface area contributed by atoms with Gasteiger partial charge in [-0.25, -0.2) is 4.21 Å². The van der Waals surface area contributed by atoms with Crippen molar-refractivity contribution in [3.63, 3.8) is 0 Å². The molecule has 1 aromatic rings. The van der Waals surface area contributed by atoms with Crippen LogP contribution < -0.4 is 9.64 Å². The number of piperidine rings is 1. The van der Waals surface area contributed by atoms with Crippen molar-refractivity contribution in [1.82, 2.24) is 9.80 Å². The lowest BCUT2D eigenvalue weighted by Gasteiger charge is -2.36. The third kappa shape index (κ3) is 5.39. The van der Waals surface area contributed by atoms with Gasteiger partial charge in [-0.2, -0.15) is 0 Å². The van der Waals surface area contributed by atoms with E-state index in [1.54, 1.807) is 7.11 Å². The second-order valence-corrected chi connectivity index (χ2v) is 9.80. The fraction of sp³-hybridized carbons (Fsp3) is 0.682. The highest BCUT2D eigenvalue weighted by Gasteiger charge is 2.50. The molecule has 8 nitrogen and oxygen atoms in total. The van der Waals surface area contributed by atoms with Crippen LogP contribution in [0.5, 0.6) is 5.75 Å². The summed E-state index contributed by atoms with van der Waals surface area (Å²) in [5.74, 6) is 0.976. The summed E-state index contributed by atoms with van der Waals surface area (Å²) >= 11 is -1.82. The molecule has 172 valence electrons. The minimum atomic E-state index is -1.82. The van der Waals surface area contributed by atoms with Gasteiger partial charge in [-0.05, 0) is 43.5 Å². The summed E-state index contributed by atoms with van der Waals surface area (Å²) < 4.78 is 31.1. The topological polar surface area (TPSA) is 82.5 Å². The number of piperazine rings is 1. The van der Waals surface area contributed by atoms with Crippen LogP contribution in [0.25, 0.3) is 0 Å². The molecule has 3 saturated heterocycles. The quantitative estimate of drug-likeness (QED) is 0.496. The Bertz CT molecular complexity index is 774. The zero-order valence-electron chi connectivity index (χ0n) is 18.2. The summed E-state index contributed by atoms with van der Waals surface area (Å²) in [4.78, 5) is 19.4. The van der Waals surface area contributed by atoms with Gasteiger partial charge in [-0.1, -0.05) is 0 Å². The zero-order chi connectivity index (χ0) is 21.8. The molecule has 0 radical (unpaired) electrons. The Hall–Kier alpha value is -1.68. The highest BCUT2D eigenvalue weighted by Crippen LogP contribution is 2.43. The lowest BCUT2D eigenvalue weighted by molar-refractivity contribution is -0.150. The molecule has 1 N–H and O–H groups in total. The van der Waals surface area contributed by atoms with Crippen molar-refractivity contribution in [3.05, 3.63) is 24.3 Å². The first kappa shape index (κ1) is 22.5. The minimum Gasteiger partial charge on any atom is -0.497 e. The van der Waals surface area contributed by atoms with Gasteiger partial charge < -0.3 is 18.9 Å². The van der Waals surface area contributed by atoms with Crippen molar-refractivity contribution in [3.8, 4) is 5.75 Å². The number of anilines is 1. The SMILES string of the molecule is COc1ccc(N2CCN(CC[C@@H]3CC4(CCN(CS(=O)O)CC4)C(=O)O3)CC2)cc1. The molecule has 2 atom stereocenters. The molecule has 1 spiro atoms. The third-order valence-corrected chi connectivity index (χ3v) is 7.59. The number of cyclic esters (lactones) is 1. The number of hydrogen-bond acceptors (Lipinski definition) is 7. The summed E-state index contributed by atoms with van der Waals surface area (Å²) in [6.45, 7) is 6.30. The highest BCUT2D eigenvalue weighted by atomic mass is 32.2. The van der Waals surface area contributed by atoms with E-state index in [0.717, 1.165) is 64.2 Å². The van der Waals surface area contributed by atoms with Crippen molar-refractivity contribution in [1.29, 1.82) is 0 Å². The molecule has 1 aromatic carbocycles. The maximum absolute atomic E-state index is 12.6. The molecule has 3 heterocycles. The largest absolute Gasteiger partial charge is 0.497 e. The van der Waals surface area contributed by atoms with E-state index >= 15 is 0 Å². The van der Waals surface area contributed by atoms with E-state index in [0.29, 0.717) is 13.1 Å². The average molecular weight is 452 g/mol. The second-order valence-electron chi connectivity index (χ2n) is 8.90. The molecule has 0 saturated carbocycles. The van der Waals surface area contributed by atoms with Crippen LogP contribution in [0, 0.1) is 5.41 Å². The van der Waals surface area contributed by atoms with Crippen LogP contribution >= 0.6 is 0 Å². The molecule has 1 unspecified atom stereocenters. The first-order chi connectivity index (χ1) is 15.0. The van der Waals surface area contributed by atoms with Gasteiger partial charge in [0.1, 0.15) is 17.7 Å². The smallest absolute Gasteiger partial charge is 0.312 e. The van der Waals surface area contributed by atoms with Gasteiger partial charge in [0.15, 0.2) is 11.1 Å². The molecule has 31 heavy (non-hydrogen) atoms. The van der Waals surface area contributed by atoms with Gasteiger partial charge >= 0.3 is 5.97 Å². The van der Waals surface area contributed by atoms with E-state index in [-0.39, 0.29) is 23.4 Å². The number of esters is 1. The van der Waals surface area contributed by atoms with Crippen LogP contribution in [-0.4, -0.2) is 89.4 Å². The molecule has 4 rings (SSSR count). The Morgan fingerprint density at radius 1 is 1.10 bits per heavy atom. The van der Waals surface area contributed by atoms with Crippen molar-refractivity contribution in [2.75, 3.05) is 63.7 Å². The summed E-state index contributed by atoms with van der Waals surface area (Å²) in [7, 11) is 1.68. The molecule has 0 bridgehead atoms. The molecular weight excluding hydrogens is 418 g/mol. The van der Waals surface area contributed by atoms with Crippen LogP contribution in [-0.2, 0) is 20.6 Å². The number of likely N-dealkylation sites (tertiary alicyclic amines) is 1. The molecule has 0 aliphatic carbocycles. The Labute approximate surface area is 186 Å². The summed E-state index contributed by atoms with van der Waals surface area (Å²) in [5.41, 5.74) is 0.842. The maximum Gasteiger partial charge on any atom is 0.312 e. The molecule has 0 aromatic heterocycles. The molecule has 9 heteroatoms. The Morgan fingerprint density at radius 3 is 2.39 bits per heavy atom. The fourth-order valence-corrected chi connectivity index (χ4v) is 5.59. The maximum atomic E-state index is 12.6. The molecular formula is C22H33N3O5S. The van der Waals surface area contributed by atoms with Gasteiger partial charge in [-0.3, -0.25) is 14.6 Å². The van der Waals surface area contributed by atoms with Crippen LogP contribution in [0.3, 0.4) is 0 Å². The number of hydrogen-bond donors (Lipinski definition) is 1. The van der Waals surface area contributed by atoms with Gasteiger partial charge in [0.2, 0.25) is 0 Å². The van der Waals surface area contributed by atoms with Crippen LogP contribution in [0.4, 0.5) is 5.69 Å². The third-order valence-electron chi connectivity index (χ3n) is 7.01. The summed E-state index contributed by atoms with van der Waals surface area (Å²) in [5, 5.41) is 0. The number of carbonyl (C=O) groups excluding carboxylic acids is 1. The number of carbonyl (C=O) groups is 1. The average Bonchev–Trinajstić information content (AvgIpc) is 3.09. The van der Waals surface area contributed by atoms with Crippen molar-refractivity contribution >= 4 is 22.7 Å². The molecule has 3 aliphatic heterocycles. The second kappa shape index (κ2) is 9.85. The number of benzene rings is 1. The van der Waals surface area contributed by atoms with Crippen LogP contribution in [0.15, 0.2) is 24.3 Å². The number of nitrogens with zero attached hydrogens (tertiary/aromatic N) is 3. The number of rotatable bonds is 7.